The minimum absolute atomic E-state index is 0.00171. The first-order valence-corrected chi connectivity index (χ1v) is 9.06. The molecule has 21 heavy (non-hydrogen) atoms. The number of imidazole rings is 1. The predicted octanol–water partition coefficient (Wildman–Crippen LogP) is 1.32. The van der Waals surface area contributed by atoms with Crippen molar-refractivity contribution in [2.45, 2.75) is 25.3 Å². The van der Waals surface area contributed by atoms with Crippen LogP contribution in [0.2, 0.25) is 0 Å². The van der Waals surface area contributed by atoms with Crippen LogP contribution in [0.3, 0.4) is 0 Å². The topological polar surface area (TPSA) is 98.7 Å². The zero-order chi connectivity index (χ0) is 15.5. The second kappa shape index (κ2) is 6.73. The number of aromatic nitrogens is 2. The van der Waals surface area contributed by atoms with E-state index in [0.717, 1.165) is 0 Å². The average molecular weight is 332 g/mol. The van der Waals surface area contributed by atoms with Crippen molar-refractivity contribution >= 4 is 32.1 Å². The van der Waals surface area contributed by atoms with E-state index in [0.29, 0.717) is 37.1 Å². The summed E-state index contributed by atoms with van der Waals surface area (Å²) in [5, 5.41) is 1.77. The van der Waals surface area contributed by atoms with Gasteiger partial charge in [-0.2, -0.15) is 0 Å². The highest BCUT2D eigenvalue weighted by atomic mass is 32.2. The lowest BCUT2D eigenvalue weighted by atomic mass is 10.2. The summed E-state index contributed by atoms with van der Waals surface area (Å²) in [6.07, 6.45) is 2.25. The number of nitrogen functional groups attached to an aromatic ring is 1. The Bertz CT molecular complexity index is 690. The summed E-state index contributed by atoms with van der Waals surface area (Å²) in [4.78, 5) is 4.59. The highest BCUT2D eigenvalue weighted by Gasteiger charge is 2.23. The third-order valence-corrected chi connectivity index (χ3v) is 4.96. The van der Waals surface area contributed by atoms with Crippen LogP contribution in [0.25, 0.3) is 4.96 Å². The predicted molar refractivity (Wildman–Crippen MR) is 82.9 cm³/mol. The zero-order valence-corrected chi connectivity index (χ0v) is 13.7. The summed E-state index contributed by atoms with van der Waals surface area (Å²) in [5.74, 6) is 0.491. The first-order chi connectivity index (χ1) is 9.92. The number of nitrogens with two attached hydrogens (primary N) is 1. The Morgan fingerprint density at radius 2 is 2.29 bits per heavy atom. The monoisotopic (exact) mass is 332 g/mol. The minimum Gasteiger partial charge on any atom is -0.381 e. The first kappa shape index (κ1) is 16.2. The Balaban J connectivity index is 1.93. The molecule has 7 nitrogen and oxygen atoms in total. The van der Waals surface area contributed by atoms with Gasteiger partial charge in [0.15, 0.2) is 15.8 Å². The van der Waals surface area contributed by atoms with Gasteiger partial charge in [-0.3, -0.25) is 4.40 Å². The van der Waals surface area contributed by atoms with Crippen molar-refractivity contribution in [1.29, 1.82) is 0 Å². The van der Waals surface area contributed by atoms with E-state index in [1.54, 1.807) is 11.6 Å². The number of thiazole rings is 1. The van der Waals surface area contributed by atoms with Gasteiger partial charge in [0.25, 0.3) is 10.0 Å². The van der Waals surface area contributed by atoms with Crippen molar-refractivity contribution in [3.63, 3.8) is 0 Å². The number of anilines is 1. The molecule has 0 fully saturated rings. The number of nitrogens with zero attached hydrogens (tertiary/aromatic N) is 2. The lowest BCUT2D eigenvalue weighted by Crippen LogP contribution is -2.27. The number of nitrogens with one attached hydrogen (secondary N) is 1. The molecule has 0 unspecified atom stereocenters. The van der Waals surface area contributed by atoms with Crippen LogP contribution in [0.15, 0.2) is 16.6 Å². The Morgan fingerprint density at radius 1 is 1.52 bits per heavy atom. The summed E-state index contributed by atoms with van der Waals surface area (Å²) in [6, 6.07) is 0. The number of hydrogen-bond donors (Lipinski definition) is 2. The van der Waals surface area contributed by atoms with E-state index >= 15 is 0 Å². The summed E-state index contributed by atoms with van der Waals surface area (Å²) in [5.41, 5.74) is 5.70. The molecule has 0 aliphatic heterocycles. The molecule has 0 radical (unpaired) electrons. The molecule has 0 saturated heterocycles. The van der Waals surface area contributed by atoms with E-state index in [1.807, 2.05) is 0 Å². The van der Waals surface area contributed by atoms with Gasteiger partial charge in [0.1, 0.15) is 0 Å². The fourth-order valence-electron chi connectivity index (χ4n) is 1.82. The standard InChI is InChI=1S/C12H20N4O3S2/c1-9(2)8-19-6-3-4-14-21(17,18)11-10(13)15-12-16(11)5-7-20-12/h5,7,9,14H,3-4,6,8,13H2,1-2H3. The third kappa shape index (κ3) is 3.94. The molecule has 0 bridgehead atoms. The summed E-state index contributed by atoms with van der Waals surface area (Å²) < 4.78 is 34.0. The maximum atomic E-state index is 12.3. The Morgan fingerprint density at radius 3 is 3.00 bits per heavy atom. The van der Waals surface area contributed by atoms with E-state index in [4.69, 9.17) is 10.5 Å². The number of hydrogen-bond acceptors (Lipinski definition) is 6. The highest BCUT2D eigenvalue weighted by Crippen LogP contribution is 2.22. The fraction of sp³-hybridized carbons (Fsp3) is 0.583. The van der Waals surface area contributed by atoms with Gasteiger partial charge in [-0.05, 0) is 12.3 Å². The van der Waals surface area contributed by atoms with Gasteiger partial charge in [-0.1, -0.05) is 13.8 Å². The van der Waals surface area contributed by atoms with Crippen LogP contribution in [-0.2, 0) is 14.8 Å². The van der Waals surface area contributed by atoms with Crippen molar-refractivity contribution < 1.29 is 13.2 Å². The number of rotatable bonds is 8. The van der Waals surface area contributed by atoms with E-state index < -0.39 is 10.0 Å². The largest absolute Gasteiger partial charge is 0.381 e. The van der Waals surface area contributed by atoms with Crippen LogP contribution in [0.4, 0.5) is 5.82 Å². The lowest BCUT2D eigenvalue weighted by molar-refractivity contribution is 0.108. The molecule has 2 aromatic rings. The van der Waals surface area contributed by atoms with Crippen LogP contribution in [-0.4, -0.2) is 37.6 Å². The molecule has 0 atom stereocenters. The molecule has 0 amide bonds. The molecular formula is C12H20N4O3S2. The molecule has 0 aliphatic rings. The van der Waals surface area contributed by atoms with Crippen LogP contribution in [0.5, 0.6) is 0 Å². The van der Waals surface area contributed by atoms with Gasteiger partial charge in [0.2, 0.25) is 0 Å². The van der Waals surface area contributed by atoms with Crippen molar-refractivity contribution in [2.75, 3.05) is 25.5 Å². The van der Waals surface area contributed by atoms with Gasteiger partial charge >= 0.3 is 0 Å². The molecule has 0 saturated carbocycles. The molecule has 118 valence electrons. The molecule has 9 heteroatoms. The number of fused-ring (bicyclic) bond motifs is 1. The Hall–Kier alpha value is -1.16. The van der Waals surface area contributed by atoms with E-state index in [2.05, 4.69) is 23.6 Å². The van der Waals surface area contributed by atoms with Crippen molar-refractivity contribution in [2.24, 2.45) is 5.92 Å². The maximum absolute atomic E-state index is 12.3. The molecule has 3 N–H and O–H groups in total. The second-order valence-electron chi connectivity index (χ2n) is 5.08. The van der Waals surface area contributed by atoms with Crippen molar-refractivity contribution in [1.82, 2.24) is 14.1 Å². The van der Waals surface area contributed by atoms with Gasteiger partial charge in [0, 0.05) is 31.3 Å². The van der Waals surface area contributed by atoms with Crippen LogP contribution in [0.1, 0.15) is 20.3 Å². The summed E-state index contributed by atoms with van der Waals surface area (Å²) in [7, 11) is -3.67. The Kier molecular flexibility index (Phi) is 5.20. The summed E-state index contributed by atoms with van der Waals surface area (Å²) >= 11 is 1.34. The molecule has 0 aromatic carbocycles. The second-order valence-corrected chi connectivity index (χ2v) is 7.63. The molecular weight excluding hydrogens is 312 g/mol. The SMILES string of the molecule is CC(C)COCCCNS(=O)(=O)c1c(N)nc2sccn12. The van der Waals surface area contributed by atoms with E-state index in [1.165, 1.54) is 15.7 Å². The highest BCUT2D eigenvalue weighted by molar-refractivity contribution is 7.89. The number of ether oxygens (including phenoxy) is 1. The van der Waals surface area contributed by atoms with E-state index in [-0.39, 0.29) is 10.8 Å². The van der Waals surface area contributed by atoms with Gasteiger partial charge in [-0.15, -0.1) is 11.3 Å². The number of sulfonamides is 1. The van der Waals surface area contributed by atoms with Crippen LogP contribution < -0.4 is 10.5 Å². The van der Waals surface area contributed by atoms with Crippen molar-refractivity contribution in [3.8, 4) is 0 Å². The van der Waals surface area contributed by atoms with Gasteiger partial charge in [0.05, 0.1) is 0 Å². The Labute approximate surface area is 128 Å². The van der Waals surface area contributed by atoms with Crippen LogP contribution in [0, 0.1) is 5.92 Å². The zero-order valence-electron chi connectivity index (χ0n) is 12.1. The van der Waals surface area contributed by atoms with Crippen LogP contribution >= 0.6 is 11.3 Å². The molecule has 2 aromatic heterocycles. The average Bonchev–Trinajstić information content (AvgIpc) is 2.92. The smallest absolute Gasteiger partial charge is 0.260 e. The summed E-state index contributed by atoms with van der Waals surface area (Å²) in [6.45, 7) is 5.64. The quantitative estimate of drug-likeness (QED) is 0.710. The van der Waals surface area contributed by atoms with Gasteiger partial charge in [-0.25, -0.2) is 18.1 Å². The first-order valence-electron chi connectivity index (χ1n) is 6.70. The fourth-order valence-corrected chi connectivity index (χ4v) is 3.87. The lowest BCUT2D eigenvalue weighted by Gasteiger charge is -2.08. The van der Waals surface area contributed by atoms with Crippen molar-refractivity contribution in [3.05, 3.63) is 11.6 Å². The molecule has 0 aliphatic carbocycles. The van der Waals surface area contributed by atoms with Gasteiger partial charge < -0.3 is 10.5 Å². The molecule has 2 heterocycles. The normalized spacial score (nSPS) is 12.5. The molecule has 0 spiro atoms. The maximum Gasteiger partial charge on any atom is 0.260 e. The molecule has 2 rings (SSSR count). The third-order valence-electron chi connectivity index (χ3n) is 2.71. The van der Waals surface area contributed by atoms with E-state index in [9.17, 15) is 8.42 Å². The minimum atomic E-state index is -3.67.